The smallest absolute Gasteiger partial charge is 0.355 e. The van der Waals surface area contributed by atoms with Gasteiger partial charge in [-0.2, -0.15) is 0 Å². The Kier molecular flexibility index (Phi) is 28.9. The number of unbranched alkanes of at least 4 members (excludes halogenated alkanes) is 14. The van der Waals surface area contributed by atoms with Crippen LogP contribution in [0.4, 0.5) is 11.4 Å². The Hall–Kier alpha value is -1.80. The summed E-state index contributed by atoms with van der Waals surface area (Å²) in [6.07, 6.45) is 19.0. The number of phosphoric acid groups is 1. The molecule has 2 aromatic carbocycles. The number of halogens is 2. The summed E-state index contributed by atoms with van der Waals surface area (Å²) in [6.45, 7) is 3.55. The molecular weight excluding hydrogens is 804 g/mol. The van der Waals surface area contributed by atoms with Crippen molar-refractivity contribution in [1.29, 1.82) is 0 Å². The van der Waals surface area contributed by atoms with Crippen LogP contribution in [0.3, 0.4) is 0 Å². The van der Waals surface area contributed by atoms with E-state index < -0.39 is 13.9 Å². The van der Waals surface area contributed by atoms with Crippen molar-refractivity contribution in [2.75, 3.05) is 86.2 Å². The lowest BCUT2D eigenvalue weighted by Crippen LogP contribution is -2.37. The molecule has 332 valence electrons. The van der Waals surface area contributed by atoms with E-state index in [0.717, 1.165) is 24.1 Å². The normalized spacial score (nSPS) is 13.4. The molecule has 2 aromatic rings. The number of nitrogens with one attached hydrogen (secondary N) is 2. The van der Waals surface area contributed by atoms with E-state index in [9.17, 15) is 14.3 Å². The van der Waals surface area contributed by atoms with Crippen LogP contribution in [0.15, 0.2) is 42.5 Å². The molecule has 2 atom stereocenters. The predicted octanol–water partition coefficient (Wildman–Crippen LogP) is 10.5. The van der Waals surface area contributed by atoms with Crippen molar-refractivity contribution in [3.63, 3.8) is 0 Å². The van der Waals surface area contributed by atoms with Gasteiger partial charge >= 0.3 is 7.82 Å². The molecule has 58 heavy (non-hydrogen) atoms. The zero-order chi connectivity index (χ0) is 42.3. The molecule has 0 saturated heterocycles. The standard InChI is InChI=1S/C43H72Cl2N3O9P/c1-5-6-7-8-9-10-11-12-13-14-15-16-17-18-21-29-52-35-54-33-38(34-57-58(50,51)56-31-28-48(2,3)4)55-36-53-30-27-46-42(49)32-37-23-19-20-26-41(37)47-43-39(44)24-22-25-40(43)45/h19-20,22-26,38,47H,5-18,21,27-36H2,1-4H3,(H-,46,49,50,51)/p+1. The monoisotopic (exact) mass is 876 g/mol. The quantitative estimate of drug-likeness (QED) is 0.0261. The molecule has 2 unspecified atom stereocenters. The number of rotatable bonds is 37. The van der Waals surface area contributed by atoms with Crippen molar-refractivity contribution in [3.05, 3.63) is 58.1 Å². The molecule has 0 aromatic heterocycles. The molecule has 0 aliphatic rings. The SMILES string of the molecule is CCCCCCCCCCCCCCCCCOCOCC(COP(=O)(O)OCC[N+](C)(C)C)OCOCCNC(=O)Cc1ccccc1Nc1c(Cl)cccc1Cl. The number of anilines is 2. The molecule has 0 fully saturated rings. The highest BCUT2D eigenvalue weighted by Gasteiger charge is 2.25. The Labute approximate surface area is 359 Å². The van der Waals surface area contributed by atoms with Crippen molar-refractivity contribution < 1.29 is 46.7 Å². The molecule has 0 aliphatic heterocycles. The Morgan fingerprint density at radius 3 is 1.93 bits per heavy atom. The molecule has 0 heterocycles. The van der Waals surface area contributed by atoms with Gasteiger partial charge in [-0.1, -0.05) is 144 Å². The van der Waals surface area contributed by atoms with Crippen molar-refractivity contribution in [2.24, 2.45) is 0 Å². The number of carbonyl (C=O) groups excluding carboxylic acids is 1. The molecule has 1 amide bonds. The Bertz CT molecular complexity index is 1400. The van der Waals surface area contributed by atoms with Crippen molar-refractivity contribution in [1.82, 2.24) is 5.32 Å². The van der Waals surface area contributed by atoms with Crippen LogP contribution in [0.2, 0.25) is 10.0 Å². The predicted molar refractivity (Wildman–Crippen MR) is 235 cm³/mol. The lowest BCUT2D eigenvalue weighted by molar-refractivity contribution is -0.870. The second kappa shape index (κ2) is 32.0. The van der Waals surface area contributed by atoms with E-state index in [1.165, 1.54) is 83.5 Å². The third-order valence-corrected chi connectivity index (χ3v) is 11.0. The fraction of sp³-hybridized carbons (Fsp3) is 0.698. The molecule has 0 spiro atoms. The topological polar surface area (TPSA) is 134 Å². The Morgan fingerprint density at radius 1 is 0.724 bits per heavy atom. The first-order chi connectivity index (χ1) is 27.9. The fourth-order valence-corrected chi connectivity index (χ4v) is 7.14. The largest absolute Gasteiger partial charge is 0.472 e. The van der Waals surface area contributed by atoms with Crippen LogP contribution in [-0.4, -0.2) is 102 Å². The van der Waals surface area contributed by atoms with Crippen molar-refractivity contribution >= 4 is 48.3 Å². The summed E-state index contributed by atoms with van der Waals surface area (Å²) >= 11 is 12.7. The third kappa shape index (κ3) is 27.1. The van der Waals surface area contributed by atoms with E-state index in [2.05, 4.69) is 17.6 Å². The average Bonchev–Trinajstić information content (AvgIpc) is 3.17. The maximum absolute atomic E-state index is 12.8. The molecule has 12 nitrogen and oxygen atoms in total. The minimum absolute atomic E-state index is 0.0463. The van der Waals surface area contributed by atoms with Gasteiger partial charge in [-0.05, 0) is 30.2 Å². The van der Waals surface area contributed by atoms with Gasteiger partial charge < -0.3 is 39.0 Å². The summed E-state index contributed by atoms with van der Waals surface area (Å²) < 4.78 is 46.1. The van der Waals surface area contributed by atoms with Crippen LogP contribution >= 0.6 is 31.0 Å². The fourth-order valence-electron chi connectivity index (χ4n) is 5.91. The number of ether oxygens (including phenoxy) is 4. The molecule has 0 aliphatic carbocycles. The highest BCUT2D eigenvalue weighted by Crippen LogP contribution is 2.43. The Balaban J connectivity index is 1.65. The highest BCUT2D eigenvalue weighted by atomic mass is 35.5. The van der Waals surface area contributed by atoms with Gasteiger partial charge in [0.05, 0.1) is 63.1 Å². The number of amides is 1. The summed E-state index contributed by atoms with van der Waals surface area (Å²) in [6, 6.07) is 12.7. The number of phosphoric ester groups is 1. The van der Waals surface area contributed by atoms with E-state index in [0.29, 0.717) is 33.4 Å². The third-order valence-electron chi connectivity index (χ3n) is 9.35. The van der Waals surface area contributed by atoms with Gasteiger partial charge in [0.25, 0.3) is 0 Å². The van der Waals surface area contributed by atoms with Crippen LogP contribution in [0.5, 0.6) is 0 Å². The first-order valence-corrected chi connectivity index (χ1v) is 23.5. The number of likely N-dealkylation sites (N-methyl/N-ethyl adjacent to an activating group) is 1. The second-order valence-corrected chi connectivity index (χ2v) is 17.9. The van der Waals surface area contributed by atoms with Crippen LogP contribution in [-0.2, 0) is 43.8 Å². The summed E-state index contributed by atoms with van der Waals surface area (Å²) in [7, 11) is 1.56. The van der Waals surface area contributed by atoms with Crippen LogP contribution in [0.25, 0.3) is 0 Å². The molecule has 3 N–H and O–H groups in total. The van der Waals surface area contributed by atoms with E-state index in [1.807, 2.05) is 45.4 Å². The zero-order valence-corrected chi connectivity index (χ0v) is 38.1. The van der Waals surface area contributed by atoms with E-state index in [4.69, 9.17) is 51.2 Å². The van der Waals surface area contributed by atoms with Gasteiger partial charge in [-0.15, -0.1) is 0 Å². The van der Waals surface area contributed by atoms with Gasteiger partial charge in [0.1, 0.15) is 32.8 Å². The molecular formula is C43H73Cl2N3O9P+. The second-order valence-electron chi connectivity index (χ2n) is 15.7. The first kappa shape index (κ1) is 52.3. The molecule has 0 radical (unpaired) electrons. The number of hydrogen-bond acceptors (Lipinski definition) is 9. The van der Waals surface area contributed by atoms with Gasteiger partial charge in [-0.3, -0.25) is 13.8 Å². The summed E-state index contributed by atoms with van der Waals surface area (Å²) in [5.74, 6) is -0.197. The average molecular weight is 878 g/mol. The number of benzene rings is 2. The number of nitrogens with zero attached hydrogens (tertiary/aromatic N) is 1. The minimum Gasteiger partial charge on any atom is -0.355 e. The van der Waals surface area contributed by atoms with Crippen LogP contribution in [0, 0.1) is 0 Å². The maximum Gasteiger partial charge on any atom is 0.472 e. The number of quaternary nitrogens is 1. The number of para-hydroxylation sites is 2. The number of carbonyl (C=O) groups is 1. The summed E-state index contributed by atoms with van der Waals surface area (Å²) in [5.41, 5.74) is 2.05. The molecule has 2 rings (SSSR count). The van der Waals surface area contributed by atoms with Crippen LogP contribution in [0.1, 0.15) is 109 Å². The first-order valence-electron chi connectivity index (χ1n) is 21.2. The van der Waals surface area contributed by atoms with E-state index >= 15 is 0 Å². The van der Waals surface area contributed by atoms with E-state index in [-0.39, 0.29) is 58.9 Å². The highest BCUT2D eigenvalue weighted by molar-refractivity contribution is 7.47. The Morgan fingerprint density at radius 2 is 1.31 bits per heavy atom. The van der Waals surface area contributed by atoms with Crippen molar-refractivity contribution in [2.45, 2.75) is 116 Å². The maximum atomic E-state index is 12.8. The van der Waals surface area contributed by atoms with Crippen molar-refractivity contribution in [3.8, 4) is 0 Å². The molecule has 15 heteroatoms. The van der Waals surface area contributed by atoms with E-state index in [1.54, 1.807) is 18.2 Å². The van der Waals surface area contributed by atoms with Gasteiger partial charge in [0, 0.05) is 18.8 Å². The lowest BCUT2D eigenvalue weighted by Gasteiger charge is -2.24. The summed E-state index contributed by atoms with van der Waals surface area (Å²) in [4.78, 5) is 23.0. The zero-order valence-electron chi connectivity index (χ0n) is 35.7. The molecule has 0 saturated carbocycles. The molecule has 0 bridgehead atoms. The van der Waals surface area contributed by atoms with Gasteiger partial charge in [-0.25, -0.2) is 4.57 Å². The van der Waals surface area contributed by atoms with Crippen LogP contribution < -0.4 is 10.6 Å². The number of hydrogen-bond donors (Lipinski definition) is 3. The lowest BCUT2D eigenvalue weighted by atomic mass is 10.0. The summed E-state index contributed by atoms with van der Waals surface area (Å²) in [5, 5.41) is 7.02. The minimum atomic E-state index is -4.31. The van der Waals surface area contributed by atoms with Gasteiger partial charge in [0.15, 0.2) is 0 Å². The van der Waals surface area contributed by atoms with Gasteiger partial charge in [0.2, 0.25) is 5.91 Å².